The van der Waals surface area contributed by atoms with E-state index in [9.17, 15) is 0 Å². The summed E-state index contributed by atoms with van der Waals surface area (Å²) in [4.78, 5) is 14.5. The molecule has 53 heavy (non-hydrogen) atoms. The third-order valence-corrected chi connectivity index (χ3v) is 12.2. The van der Waals surface area contributed by atoms with Crippen molar-refractivity contribution in [2.45, 2.75) is 258 Å². The van der Waals surface area contributed by atoms with Crippen molar-refractivity contribution in [3.63, 3.8) is 0 Å². The number of aromatic nitrogens is 3. The van der Waals surface area contributed by atoms with Gasteiger partial charge in [0.2, 0.25) is 17.2 Å². The van der Waals surface area contributed by atoms with Crippen molar-refractivity contribution in [1.82, 2.24) is 25.6 Å². The Kier molecular flexibility index (Phi) is 19.6. The fraction of sp³-hybridized carbons (Fsp3) is 0.933. The van der Waals surface area contributed by atoms with Crippen LogP contribution in [0, 0.1) is 11.8 Å². The summed E-state index contributed by atoms with van der Waals surface area (Å²) in [5, 5.41) is 15.8. The van der Waals surface area contributed by atoms with E-state index in [0.29, 0.717) is 23.7 Å². The van der Waals surface area contributed by atoms with E-state index in [2.05, 4.69) is 100 Å². The van der Waals surface area contributed by atoms with Crippen molar-refractivity contribution in [2.75, 3.05) is 10.6 Å². The molecule has 2 atom stereocenters. The summed E-state index contributed by atoms with van der Waals surface area (Å²) in [5.74, 6) is 2.27. The molecule has 7 nitrogen and oxygen atoms in total. The average molecular weight is 761 g/mol. The van der Waals surface area contributed by atoms with E-state index in [1.807, 2.05) is 0 Å². The summed E-state index contributed by atoms with van der Waals surface area (Å²) in [7, 11) is 0. The second kappa shape index (κ2) is 22.5. The minimum atomic E-state index is 0.0764. The van der Waals surface area contributed by atoms with Gasteiger partial charge in [0.05, 0.1) is 0 Å². The molecule has 0 radical (unpaired) electrons. The van der Waals surface area contributed by atoms with Crippen LogP contribution in [0.3, 0.4) is 0 Å². The standard InChI is InChI=1S/C45H86ClN7/c1-11-13-15-17-19-21-23-25-27-29-37(35-31-42(3,4)52-43(5,6)32-35)47-40-49-39(46)50-41(51-40)48-38(30-28-26-24-22-20-18-16-14-12-2)36-33-44(7,8)53-45(9,10)34-36/h35-38,52-53H,11-34H2,1-10H3,(H2,47,48,49,50,51). The van der Waals surface area contributed by atoms with Crippen LogP contribution in [0.4, 0.5) is 11.9 Å². The van der Waals surface area contributed by atoms with Gasteiger partial charge in [-0.05, 0) is 117 Å². The maximum absolute atomic E-state index is 6.72. The number of hydrogen-bond acceptors (Lipinski definition) is 7. The molecule has 2 saturated heterocycles. The molecule has 1 aromatic heterocycles. The number of nitrogens with one attached hydrogen (secondary N) is 4. The van der Waals surface area contributed by atoms with Gasteiger partial charge in [0.15, 0.2) is 0 Å². The third-order valence-electron chi connectivity index (χ3n) is 12.1. The SMILES string of the molecule is CCCCCCCCCCCC(Nc1nc(Cl)nc(NC(CCCCCCCCCCC)C2CC(C)(C)NC(C)(C)C2)n1)C1CC(C)(C)NC(C)(C)C1. The normalized spacial score (nSPS) is 21.0. The lowest BCUT2D eigenvalue weighted by atomic mass is 9.72. The van der Waals surface area contributed by atoms with Gasteiger partial charge >= 0.3 is 0 Å². The van der Waals surface area contributed by atoms with Crippen LogP contribution in [0.25, 0.3) is 0 Å². The zero-order valence-electron chi connectivity index (χ0n) is 36.5. The molecule has 1 aromatic rings. The first-order valence-electron chi connectivity index (χ1n) is 22.6. The Labute approximate surface area is 333 Å². The number of unbranched alkanes of at least 4 members (excludes halogenated alkanes) is 16. The molecule has 0 spiro atoms. The number of anilines is 2. The molecule has 3 heterocycles. The summed E-state index contributed by atoms with van der Waals surface area (Å²) >= 11 is 6.72. The zero-order valence-corrected chi connectivity index (χ0v) is 37.3. The Bertz CT molecular complexity index is 1040. The van der Waals surface area contributed by atoms with Crippen molar-refractivity contribution in [3.8, 4) is 0 Å². The van der Waals surface area contributed by atoms with Gasteiger partial charge in [-0.25, -0.2) is 0 Å². The lowest BCUT2D eigenvalue weighted by molar-refractivity contribution is 0.114. The molecule has 0 aromatic carbocycles. The van der Waals surface area contributed by atoms with E-state index in [0.717, 1.165) is 38.5 Å². The highest BCUT2D eigenvalue weighted by Gasteiger charge is 2.42. The van der Waals surface area contributed by atoms with Crippen LogP contribution in [0.2, 0.25) is 5.28 Å². The number of piperidine rings is 2. The molecule has 0 aliphatic carbocycles. The minimum Gasteiger partial charge on any atom is -0.351 e. The van der Waals surface area contributed by atoms with Crippen molar-refractivity contribution < 1.29 is 0 Å². The van der Waals surface area contributed by atoms with E-state index in [1.54, 1.807) is 0 Å². The van der Waals surface area contributed by atoms with Gasteiger partial charge in [-0.1, -0.05) is 129 Å². The molecule has 308 valence electrons. The molecule has 0 saturated carbocycles. The first-order valence-corrected chi connectivity index (χ1v) is 22.9. The lowest BCUT2D eigenvalue weighted by Crippen LogP contribution is -2.60. The highest BCUT2D eigenvalue weighted by molar-refractivity contribution is 6.28. The Morgan fingerprint density at radius 3 is 1.08 bits per heavy atom. The maximum atomic E-state index is 6.72. The van der Waals surface area contributed by atoms with Crippen LogP contribution in [0.1, 0.15) is 223 Å². The monoisotopic (exact) mass is 760 g/mol. The second-order valence-electron chi connectivity index (χ2n) is 20.1. The van der Waals surface area contributed by atoms with Gasteiger partial charge in [-0.2, -0.15) is 15.0 Å². The first-order chi connectivity index (χ1) is 25.0. The fourth-order valence-electron chi connectivity index (χ4n) is 10.4. The molecule has 2 fully saturated rings. The van der Waals surface area contributed by atoms with Crippen molar-refractivity contribution in [3.05, 3.63) is 5.28 Å². The minimum absolute atomic E-state index is 0.0764. The fourth-order valence-corrected chi connectivity index (χ4v) is 10.5. The topological polar surface area (TPSA) is 86.8 Å². The number of nitrogens with zero attached hydrogens (tertiary/aromatic N) is 3. The highest BCUT2D eigenvalue weighted by atomic mass is 35.5. The molecular weight excluding hydrogens is 674 g/mol. The molecule has 2 aliphatic heterocycles. The molecule has 2 unspecified atom stereocenters. The maximum Gasteiger partial charge on any atom is 0.229 e. The van der Waals surface area contributed by atoms with Gasteiger partial charge in [-0.15, -0.1) is 0 Å². The molecule has 0 bridgehead atoms. The largest absolute Gasteiger partial charge is 0.351 e. The Morgan fingerprint density at radius 1 is 0.491 bits per heavy atom. The third kappa shape index (κ3) is 18.5. The van der Waals surface area contributed by atoms with Crippen LogP contribution >= 0.6 is 11.6 Å². The molecule has 0 amide bonds. The average Bonchev–Trinajstić information content (AvgIpc) is 3.02. The van der Waals surface area contributed by atoms with Crippen molar-refractivity contribution >= 4 is 23.5 Å². The van der Waals surface area contributed by atoms with E-state index in [4.69, 9.17) is 16.6 Å². The highest BCUT2D eigenvalue weighted by Crippen LogP contribution is 2.39. The molecule has 3 rings (SSSR count). The molecule has 2 aliphatic rings. The Morgan fingerprint density at radius 2 is 0.774 bits per heavy atom. The zero-order chi connectivity index (χ0) is 39.0. The van der Waals surface area contributed by atoms with Crippen molar-refractivity contribution in [2.24, 2.45) is 11.8 Å². The Balaban J connectivity index is 1.73. The van der Waals surface area contributed by atoms with Crippen LogP contribution in [-0.2, 0) is 0 Å². The van der Waals surface area contributed by atoms with Crippen molar-refractivity contribution in [1.29, 1.82) is 0 Å². The van der Waals surface area contributed by atoms with Gasteiger partial charge in [0.25, 0.3) is 0 Å². The summed E-state index contributed by atoms with van der Waals surface area (Å²) in [6.07, 6.45) is 30.9. The van der Waals surface area contributed by atoms with E-state index < -0.39 is 0 Å². The number of halogens is 1. The molecule has 8 heteroatoms. The summed E-state index contributed by atoms with van der Waals surface area (Å²) in [6.45, 7) is 23.4. The van der Waals surface area contributed by atoms with E-state index >= 15 is 0 Å². The van der Waals surface area contributed by atoms with Gasteiger partial charge in [0, 0.05) is 34.2 Å². The summed E-state index contributed by atoms with van der Waals surface area (Å²) in [6, 6.07) is 0.575. The number of rotatable bonds is 26. The summed E-state index contributed by atoms with van der Waals surface area (Å²) in [5.41, 5.74) is 0.305. The van der Waals surface area contributed by atoms with Crippen LogP contribution in [-0.4, -0.2) is 49.2 Å². The van der Waals surface area contributed by atoms with Crippen LogP contribution in [0.5, 0.6) is 0 Å². The first kappa shape index (κ1) is 46.2. The molecular formula is C45H86ClN7. The van der Waals surface area contributed by atoms with Gasteiger partial charge in [0.1, 0.15) is 0 Å². The smallest absolute Gasteiger partial charge is 0.229 e. The lowest BCUT2D eigenvalue weighted by Gasteiger charge is -2.49. The Hall–Kier alpha value is -1.18. The van der Waals surface area contributed by atoms with E-state index in [-0.39, 0.29) is 39.5 Å². The van der Waals surface area contributed by atoms with E-state index in [1.165, 1.54) is 116 Å². The molecule has 4 N–H and O–H groups in total. The predicted octanol–water partition coefficient (Wildman–Crippen LogP) is 13.0. The van der Waals surface area contributed by atoms with Gasteiger partial charge < -0.3 is 21.3 Å². The number of hydrogen-bond donors (Lipinski definition) is 4. The predicted molar refractivity (Wildman–Crippen MR) is 231 cm³/mol. The quantitative estimate of drug-likeness (QED) is 0.0700. The summed E-state index contributed by atoms with van der Waals surface area (Å²) < 4.78 is 0. The van der Waals surface area contributed by atoms with Gasteiger partial charge in [-0.3, -0.25) is 0 Å². The van der Waals surface area contributed by atoms with Crippen LogP contribution < -0.4 is 21.3 Å². The second-order valence-corrected chi connectivity index (χ2v) is 20.4. The van der Waals surface area contributed by atoms with Crippen LogP contribution in [0.15, 0.2) is 0 Å².